The Kier molecular flexibility index (Phi) is 6.81. The molecule has 0 spiro atoms. The molecule has 4 rings (SSSR count). The molecule has 0 saturated carbocycles. The molecule has 1 saturated heterocycles. The van der Waals surface area contributed by atoms with Crippen molar-refractivity contribution >= 4 is 21.6 Å². The number of carbonyl (C=O) groups is 1. The van der Waals surface area contributed by atoms with Crippen molar-refractivity contribution in [1.82, 2.24) is 9.80 Å². The van der Waals surface area contributed by atoms with Crippen molar-refractivity contribution in [2.45, 2.75) is 25.3 Å². The van der Waals surface area contributed by atoms with E-state index >= 15 is 0 Å². The van der Waals surface area contributed by atoms with Crippen LogP contribution in [0, 0.1) is 13.8 Å². The van der Waals surface area contributed by atoms with E-state index < -0.39 is 10.0 Å². The summed E-state index contributed by atoms with van der Waals surface area (Å²) in [6.07, 6.45) is 0. The number of amides is 1. The molecule has 0 aromatic heterocycles. The number of anilines is 1. The third-order valence-corrected chi connectivity index (χ3v) is 7.34. The number of piperazine rings is 1. The molecule has 3 aromatic rings. The summed E-state index contributed by atoms with van der Waals surface area (Å²) < 4.78 is 28.0. The van der Waals surface area contributed by atoms with Crippen molar-refractivity contribution in [3.05, 3.63) is 95.1 Å². The first-order chi connectivity index (χ1) is 15.8. The monoisotopic (exact) mass is 463 g/mol. The van der Waals surface area contributed by atoms with Crippen LogP contribution in [0.3, 0.4) is 0 Å². The van der Waals surface area contributed by atoms with Crippen molar-refractivity contribution in [3.8, 4) is 0 Å². The van der Waals surface area contributed by atoms with Crippen LogP contribution < -0.4 is 4.72 Å². The second-order valence-electron chi connectivity index (χ2n) is 8.50. The molecular weight excluding hydrogens is 434 g/mol. The zero-order valence-corrected chi connectivity index (χ0v) is 19.8. The van der Waals surface area contributed by atoms with Gasteiger partial charge in [-0.05, 0) is 55.3 Å². The smallest absolute Gasteiger partial charge is 0.261 e. The van der Waals surface area contributed by atoms with Gasteiger partial charge in [-0.15, -0.1) is 0 Å². The number of aryl methyl sites for hydroxylation is 2. The fraction of sp³-hybridized carbons (Fsp3) is 0.269. The van der Waals surface area contributed by atoms with E-state index in [2.05, 4.69) is 21.8 Å². The Morgan fingerprint density at radius 3 is 2.18 bits per heavy atom. The van der Waals surface area contributed by atoms with Gasteiger partial charge in [-0.3, -0.25) is 14.4 Å². The van der Waals surface area contributed by atoms with Crippen LogP contribution >= 0.6 is 0 Å². The van der Waals surface area contributed by atoms with E-state index in [-0.39, 0.29) is 10.8 Å². The van der Waals surface area contributed by atoms with Crippen LogP contribution in [0.4, 0.5) is 5.69 Å². The van der Waals surface area contributed by atoms with Crippen LogP contribution in [0.2, 0.25) is 0 Å². The average molecular weight is 464 g/mol. The first kappa shape index (κ1) is 23.0. The Hall–Kier alpha value is -3.16. The van der Waals surface area contributed by atoms with Crippen LogP contribution in [-0.2, 0) is 16.6 Å². The first-order valence-corrected chi connectivity index (χ1v) is 12.6. The highest BCUT2D eigenvalue weighted by atomic mass is 32.2. The standard InChI is InChI=1S/C26H29N3O3S/c1-20-8-11-24(12-9-20)33(31,32)27-25-13-10-23(18-21(25)2)26(30)29-16-14-28(15-17-29)19-22-6-4-3-5-7-22/h3-13,18,27H,14-17,19H2,1-2H3. The van der Waals surface area contributed by atoms with Crippen molar-refractivity contribution < 1.29 is 13.2 Å². The maximum Gasteiger partial charge on any atom is 0.261 e. The van der Waals surface area contributed by atoms with Crippen molar-refractivity contribution in [2.75, 3.05) is 30.9 Å². The quantitative estimate of drug-likeness (QED) is 0.599. The van der Waals surface area contributed by atoms with E-state index in [9.17, 15) is 13.2 Å². The number of nitrogens with one attached hydrogen (secondary N) is 1. The van der Waals surface area contributed by atoms with Crippen LogP contribution in [0.1, 0.15) is 27.0 Å². The minimum atomic E-state index is -3.69. The molecule has 33 heavy (non-hydrogen) atoms. The van der Waals surface area contributed by atoms with Crippen molar-refractivity contribution in [3.63, 3.8) is 0 Å². The Labute approximate surface area is 195 Å². The molecular formula is C26H29N3O3S. The lowest BCUT2D eigenvalue weighted by molar-refractivity contribution is 0.0628. The number of rotatable bonds is 6. The molecule has 1 amide bonds. The summed E-state index contributed by atoms with van der Waals surface area (Å²) in [7, 11) is -3.69. The van der Waals surface area contributed by atoms with Crippen molar-refractivity contribution in [1.29, 1.82) is 0 Å². The molecule has 0 unspecified atom stereocenters. The van der Waals surface area contributed by atoms with E-state index in [1.165, 1.54) is 5.56 Å². The van der Waals surface area contributed by atoms with Gasteiger partial charge in [0.05, 0.1) is 10.6 Å². The lowest BCUT2D eigenvalue weighted by Gasteiger charge is -2.35. The number of hydrogen-bond acceptors (Lipinski definition) is 4. The van der Waals surface area contributed by atoms with Crippen LogP contribution in [0.5, 0.6) is 0 Å². The van der Waals surface area contributed by atoms with Gasteiger partial charge in [-0.25, -0.2) is 8.42 Å². The molecule has 1 N–H and O–H groups in total. The van der Waals surface area contributed by atoms with Gasteiger partial charge in [0.25, 0.3) is 15.9 Å². The molecule has 0 atom stereocenters. The van der Waals surface area contributed by atoms with Gasteiger partial charge in [-0.1, -0.05) is 48.0 Å². The SMILES string of the molecule is Cc1ccc(S(=O)(=O)Nc2ccc(C(=O)N3CCN(Cc4ccccc4)CC3)cc2C)cc1. The molecule has 7 heteroatoms. The van der Waals surface area contributed by atoms with Gasteiger partial charge in [0.1, 0.15) is 0 Å². The van der Waals surface area contributed by atoms with Gasteiger partial charge in [-0.2, -0.15) is 0 Å². The highest BCUT2D eigenvalue weighted by Crippen LogP contribution is 2.22. The Morgan fingerprint density at radius 2 is 1.55 bits per heavy atom. The van der Waals surface area contributed by atoms with Crippen LogP contribution in [0.15, 0.2) is 77.7 Å². The predicted octanol–water partition coefficient (Wildman–Crippen LogP) is 4.06. The molecule has 1 fully saturated rings. The van der Waals surface area contributed by atoms with Gasteiger partial charge in [0.15, 0.2) is 0 Å². The third-order valence-electron chi connectivity index (χ3n) is 5.96. The predicted molar refractivity (Wildman–Crippen MR) is 131 cm³/mol. The molecule has 1 aliphatic rings. The number of benzene rings is 3. The number of sulfonamides is 1. The highest BCUT2D eigenvalue weighted by molar-refractivity contribution is 7.92. The summed E-state index contributed by atoms with van der Waals surface area (Å²) in [4.78, 5) is 17.5. The fourth-order valence-electron chi connectivity index (χ4n) is 3.97. The number of nitrogens with zero attached hydrogens (tertiary/aromatic N) is 2. The fourth-order valence-corrected chi connectivity index (χ4v) is 5.10. The summed E-state index contributed by atoms with van der Waals surface area (Å²) in [6.45, 7) is 7.60. The minimum Gasteiger partial charge on any atom is -0.336 e. The lowest BCUT2D eigenvalue weighted by atomic mass is 10.1. The average Bonchev–Trinajstić information content (AvgIpc) is 2.81. The van der Waals surface area contributed by atoms with Crippen molar-refractivity contribution in [2.24, 2.45) is 0 Å². The zero-order chi connectivity index (χ0) is 23.4. The van der Waals surface area contributed by atoms with Gasteiger partial charge < -0.3 is 4.90 Å². The van der Waals surface area contributed by atoms with E-state index in [1.54, 1.807) is 42.5 Å². The lowest BCUT2D eigenvalue weighted by Crippen LogP contribution is -2.48. The topological polar surface area (TPSA) is 69.7 Å². The largest absolute Gasteiger partial charge is 0.336 e. The van der Waals surface area contributed by atoms with E-state index in [0.29, 0.717) is 29.9 Å². The van der Waals surface area contributed by atoms with Crippen LogP contribution in [-0.4, -0.2) is 50.3 Å². The number of hydrogen-bond donors (Lipinski definition) is 1. The molecule has 0 aliphatic carbocycles. The maximum absolute atomic E-state index is 13.0. The molecule has 172 valence electrons. The Bertz CT molecular complexity index is 1220. The normalized spacial score (nSPS) is 14.8. The summed E-state index contributed by atoms with van der Waals surface area (Å²) in [5.74, 6) is -0.0228. The second kappa shape index (κ2) is 9.77. The summed E-state index contributed by atoms with van der Waals surface area (Å²) >= 11 is 0. The summed E-state index contributed by atoms with van der Waals surface area (Å²) in [5, 5.41) is 0. The first-order valence-electron chi connectivity index (χ1n) is 11.1. The highest BCUT2D eigenvalue weighted by Gasteiger charge is 2.23. The molecule has 0 bridgehead atoms. The molecule has 0 radical (unpaired) electrons. The van der Waals surface area contributed by atoms with E-state index in [0.717, 1.165) is 25.2 Å². The van der Waals surface area contributed by atoms with Gasteiger partial charge in [0.2, 0.25) is 0 Å². The molecule has 3 aromatic carbocycles. The van der Waals surface area contributed by atoms with Crippen LogP contribution in [0.25, 0.3) is 0 Å². The maximum atomic E-state index is 13.0. The Balaban J connectivity index is 1.38. The van der Waals surface area contributed by atoms with E-state index in [4.69, 9.17) is 0 Å². The minimum absolute atomic E-state index is 0.0228. The van der Waals surface area contributed by atoms with E-state index in [1.807, 2.05) is 36.9 Å². The molecule has 1 heterocycles. The summed E-state index contributed by atoms with van der Waals surface area (Å²) in [6, 6.07) is 22.2. The second-order valence-corrected chi connectivity index (χ2v) is 10.2. The van der Waals surface area contributed by atoms with Gasteiger partial charge >= 0.3 is 0 Å². The third kappa shape index (κ3) is 5.61. The summed E-state index contributed by atoms with van der Waals surface area (Å²) in [5.41, 5.74) is 4.02. The molecule has 1 aliphatic heterocycles. The molecule has 6 nitrogen and oxygen atoms in total. The Morgan fingerprint density at radius 1 is 0.879 bits per heavy atom. The zero-order valence-electron chi connectivity index (χ0n) is 19.0. The number of carbonyl (C=O) groups excluding carboxylic acids is 1. The van der Waals surface area contributed by atoms with Gasteiger partial charge in [0, 0.05) is 38.3 Å².